The fourth-order valence-electron chi connectivity index (χ4n) is 4.42. The number of hydrogen-bond donors (Lipinski definition) is 0. The number of carbonyl (C=O) groups is 1. The lowest BCUT2D eigenvalue weighted by Gasteiger charge is -2.26. The number of benzene rings is 3. The van der Waals surface area contributed by atoms with Gasteiger partial charge in [-0.05, 0) is 56.2 Å². The van der Waals surface area contributed by atoms with E-state index in [9.17, 15) is 4.79 Å². The summed E-state index contributed by atoms with van der Waals surface area (Å²) in [6.45, 7) is 3.43. The highest BCUT2D eigenvalue weighted by Crippen LogP contribution is 2.32. The zero-order valence-corrected chi connectivity index (χ0v) is 20.9. The summed E-state index contributed by atoms with van der Waals surface area (Å²) in [5, 5.41) is 5.24. The first kappa shape index (κ1) is 24.1. The van der Waals surface area contributed by atoms with Gasteiger partial charge in [0.15, 0.2) is 0 Å². The first-order valence-corrected chi connectivity index (χ1v) is 12.5. The fourth-order valence-corrected chi connectivity index (χ4v) is 4.64. The van der Waals surface area contributed by atoms with Gasteiger partial charge in [-0.15, -0.1) is 0 Å². The Morgan fingerprint density at radius 1 is 1.06 bits per heavy atom. The van der Waals surface area contributed by atoms with Crippen LogP contribution >= 0.6 is 11.6 Å². The highest BCUT2D eigenvalue weighted by atomic mass is 35.5. The molecule has 6 nitrogen and oxygen atoms in total. The van der Waals surface area contributed by atoms with Crippen LogP contribution in [0.4, 0.5) is 0 Å². The van der Waals surface area contributed by atoms with Gasteiger partial charge >= 0.3 is 0 Å². The van der Waals surface area contributed by atoms with Gasteiger partial charge in [-0.1, -0.05) is 60.1 Å². The molecule has 0 unspecified atom stereocenters. The summed E-state index contributed by atoms with van der Waals surface area (Å²) in [5.74, 6) is 1.13. The number of aryl methyl sites for hydroxylation is 1. The molecule has 0 N–H and O–H groups in total. The molecular formula is C29H28ClN3O3. The fraction of sp³-hybridized carbons (Fsp3) is 0.241. The largest absolute Gasteiger partial charge is 0.439 e. The van der Waals surface area contributed by atoms with Crippen molar-refractivity contribution >= 4 is 17.5 Å². The Labute approximate surface area is 216 Å². The molecule has 5 rings (SSSR count). The number of carbonyl (C=O) groups excluding carboxylic acids is 1. The maximum Gasteiger partial charge on any atom is 0.255 e. The number of rotatable bonds is 8. The molecule has 0 bridgehead atoms. The molecule has 184 valence electrons. The van der Waals surface area contributed by atoms with E-state index in [2.05, 4.69) is 0 Å². The molecule has 1 aromatic heterocycles. The average molecular weight is 502 g/mol. The van der Waals surface area contributed by atoms with E-state index in [0.717, 1.165) is 29.8 Å². The molecule has 3 aromatic carbocycles. The lowest BCUT2D eigenvalue weighted by atomic mass is 10.1. The van der Waals surface area contributed by atoms with Crippen molar-refractivity contribution in [2.45, 2.75) is 32.4 Å². The van der Waals surface area contributed by atoms with E-state index in [4.69, 9.17) is 26.2 Å². The summed E-state index contributed by atoms with van der Waals surface area (Å²) < 4.78 is 14.1. The maximum absolute atomic E-state index is 13.7. The zero-order chi connectivity index (χ0) is 24.9. The summed E-state index contributed by atoms with van der Waals surface area (Å²) in [6, 6.07) is 26.6. The van der Waals surface area contributed by atoms with Gasteiger partial charge in [0.25, 0.3) is 5.91 Å². The lowest BCUT2D eigenvalue weighted by Crippen LogP contribution is -2.37. The molecule has 1 aliphatic heterocycles. The Morgan fingerprint density at radius 2 is 1.75 bits per heavy atom. The van der Waals surface area contributed by atoms with Crippen LogP contribution in [-0.2, 0) is 11.3 Å². The lowest BCUT2D eigenvalue weighted by molar-refractivity contribution is 0.0505. The highest BCUT2D eigenvalue weighted by Gasteiger charge is 2.28. The van der Waals surface area contributed by atoms with E-state index in [1.165, 1.54) is 0 Å². The molecule has 1 atom stereocenters. The summed E-state index contributed by atoms with van der Waals surface area (Å²) in [5.41, 5.74) is 2.96. The van der Waals surface area contributed by atoms with Crippen LogP contribution < -0.4 is 4.74 Å². The van der Waals surface area contributed by atoms with Crippen LogP contribution in [0.1, 0.15) is 34.5 Å². The third-order valence-electron chi connectivity index (χ3n) is 6.28. The molecule has 0 aliphatic carbocycles. The number of ether oxygens (including phenoxy) is 2. The Balaban J connectivity index is 1.55. The second kappa shape index (κ2) is 11.0. The van der Waals surface area contributed by atoms with Gasteiger partial charge in [0.05, 0.1) is 40.2 Å². The summed E-state index contributed by atoms with van der Waals surface area (Å²) in [7, 11) is 0. The van der Waals surface area contributed by atoms with E-state index in [-0.39, 0.29) is 12.0 Å². The minimum Gasteiger partial charge on any atom is -0.439 e. The van der Waals surface area contributed by atoms with Crippen molar-refractivity contribution in [3.05, 3.63) is 107 Å². The van der Waals surface area contributed by atoms with Gasteiger partial charge < -0.3 is 14.4 Å². The Kier molecular flexibility index (Phi) is 7.35. The molecule has 36 heavy (non-hydrogen) atoms. The third kappa shape index (κ3) is 5.30. The van der Waals surface area contributed by atoms with Crippen molar-refractivity contribution in [3.63, 3.8) is 0 Å². The topological polar surface area (TPSA) is 56.6 Å². The normalized spacial score (nSPS) is 15.1. The van der Waals surface area contributed by atoms with Crippen LogP contribution in [0.5, 0.6) is 11.6 Å². The standard InChI is InChI=1S/C29H28ClN3O3/c1-21-26(20-32(19-24-15-10-18-35-24)28(34)25-16-8-9-17-27(25)30)29(36-23-13-6-3-7-14-23)33(31-21)22-11-4-2-5-12-22/h2-9,11-14,16-17,24H,10,15,18-20H2,1H3/t24-/m1/s1. The Hall–Kier alpha value is -3.61. The van der Waals surface area contributed by atoms with Crippen LogP contribution in [0.3, 0.4) is 0 Å². The van der Waals surface area contributed by atoms with Gasteiger partial charge in [0.2, 0.25) is 5.88 Å². The summed E-state index contributed by atoms with van der Waals surface area (Å²) in [4.78, 5) is 15.5. The van der Waals surface area contributed by atoms with Crippen molar-refractivity contribution in [1.29, 1.82) is 0 Å². The van der Waals surface area contributed by atoms with E-state index in [1.807, 2.05) is 79.7 Å². The van der Waals surface area contributed by atoms with Crippen molar-refractivity contribution < 1.29 is 14.3 Å². The first-order valence-electron chi connectivity index (χ1n) is 12.1. The van der Waals surface area contributed by atoms with Crippen molar-refractivity contribution in [1.82, 2.24) is 14.7 Å². The molecule has 0 radical (unpaired) electrons. The van der Waals surface area contributed by atoms with E-state index >= 15 is 0 Å². The zero-order valence-electron chi connectivity index (χ0n) is 20.1. The van der Waals surface area contributed by atoms with Crippen molar-refractivity contribution in [3.8, 4) is 17.3 Å². The number of halogens is 1. The molecule has 4 aromatic rings. The number of nitrogens with zero attached hydrogens (tertiary/aromatic N) is 3. The van der Waals surface area contributed by atoms with Crippen LogP contribution in [0.2, 0.25) is 5.02 Å². The average Bonchev–Trinajstić information content (AvgIpc) is 3.53. The van der Waals surface area contributed by atoms with Gasteiger partial charge in [-0.25, -0.2) is 4.68 Å². The number of hydrogen-bond acceptors (Lipinski definition) is 4. The molecule has 1 aliphatic rings. The van der Waals surface area contributed by atoms with Gasteiger partial charge in [-0.3, -0.25) is 4.79 Å². The molecular weight excluding hydrogens is 474 g/mol. The number of aromatic nitrogens is 2. The minimum absolute atomic E-state index is 0.0144. The van der Waals surface area contributed by atoms with Crippen molar-refractivity contribution in [2.75, 3.05) is 13.2 Å². The van der Waals surface area contributed by atoms with Crippen LogP contribution in [0.25, 0.3) is 5.69 Å². The van der Waals surface area contributed by atoms with Crippen LogP contribution in [-0.4, -0.2) is 39.8 Å². The maximum atomic E-state index is 13.7. The molecule has 0 spiro atoms. The molecule has 0 saturated carbocycles. The Morgan fingerprint density at radius 3 is 2.44 bits per heavy atom. The number of para-hydroxylation sites is 2. The quantitative estimate of drug-likeness (QED) is 0.278. The first-order chi connectivity index (χ1) is 17.6. The summed E-state index contributed by atoms with van der Waals surface area (Å²) in [6.07, 6.45) is 1.90. The predicted octanol–water partition coefficient (Wildman–Crippen LogP) is 6.45. The van der Waals surface area contributed by atoms with Crippen LogP contribution in [0, 0.1) is 6.92 Å². The molecule has 2 heterocycles. The van der Waals surface area contributed by atoms with Gasteiger partial charge in [0, 0.05) is 13.2 Å². The molecule has 7 heteroatoms. The minimum atomic E-state index is -0.145. The second-order valence-corrected chi connectivity index (χ2v) is 9.24. The van der Waals surface area contributed by atoms with E-state index < -0.39 is 0 Å². The van der Waals surface area contributed by atoms with Gasteiger partial charge in [-0.2, -0.15) is 5.10 Å². The van der Waals surface area contributed by atoms with E-state index in [1.54, 1.807) is 21.7 Å². The molecule has 1 fully saturated rings. The SMILES string of the molecule is Cc1nn(-c2ccccc2)c(Oc2ccccc2)c1CN(C[C@H]1CCCO1)C(=O)c1ccccc1Cl. The smallest absolute Gasteiger partial charge is 0.255 e. The summed E-state index contributed by atoms with van der Waals surface area (Å²) >= 11 is 6.42. The monoisotopic (exact) mass is 501 g/mol. The van der Waals surface area contributed by atoms with E-state index in [0.29, 0.717) is 41.9 Å². The number of amides is 1. The highest BCUT2D eigenvalue weighted by molar-refractivity contribution is 6.33. The molecule has 1 amide bonds. The van der Waals surface area contributed by atoms with Gasteiger partial charge in [0.1, 0.15) is 5.75 Å². The Bertz CT molecular complexity index is 1320. The molecule has 1 saturated heterocycles. The van der Waals surface area contributed by atoms with Crippen LogP contribution in [0.15, 0.2) is 84.9 Å². The third-order valence-corrected chi connectivity index (χ3v) is 6.61. The predicted molar refractivity (Wildman–Crippen MR) is 140 cm³/mol. The van der Waals surface area contributed by atoms with Crippen molar-refractivity contribution in [2.24, 2.45) is 0 Å². The second-order valence-electron chi connectivity index (χ2n) is 8.83.